The maximum absolute atomic E-state index is 13.2. The molecule has 1 atom stereocenters. The van der Waals surface area contributed by atoms with Crippen LogP contribution in [0, 0.1) is 0 Å². The number of hydrogen-bond acceptors (Lipinski definition) is 5. The third-order valence-electron chi connectivity index (χ3n) is 3.03. The number of aromatic hydroxyl groups is 1. The number of pyridine rings is 1. The number of carbonyl (C=O) groups is 1. The molecule has 0 radical (unpaired) electrons. The molecule has 8 heteroatoms. The molecule has 0 fully saturated rings. The Morgan fingerprint density at radius 2 is 1.95 bits per heavy atom. The van der Waals surface area contributed by atoms with Crippen LogP contribution >= 0.6 is 0 Å². The average molecular weight is 301 g/mol. The van der Waals surface area contributed by atoms with Crippen molar-refractivity contribution in [3.63, 3.8) is 0 Å². The number of phenols is 1. The molecule has 1 heterocycles. The summed E-state index contributed by atoms with van der Waals surface area (Å²) in [6.07, 6.45) is -4.05. The molecule has 0 bridgehead atoms. The first-order valence-corrected chi connectivity index (χ1v) is 5.68. The Hall–Kier alpha value is -2.35. The molecule has 21 heavy (non-hydrogen) atoms. The van der Waals surface area contributed by atoms with Gasteiger partial charge in [0, 0.05) is 17.1 Å². The van der Waals surface area contributed by atoms with Gasteiger partial charge in [0.05, 0.1) is 7.11 Å². The second-order valence-electron chi connectivity index (χ2n) is 4.23. The molecular weight excluding hydrogens is 291 g/mol. The minimum atomic E-state index is -5.31. The van der Waals surface area contributed by atoms with Gasteiger partial charge in [0.2, 0.25) is 0 Å². The van der Waals surface area contributed by atoms with E-state index in [4.69, 9.17) is 0 Å². The molecule has 0 spiro atoms. The summed E-state index contributed by atoms with van der Waals surface area (Å²) in [7, 11) is 0.736. The van der Waals surface area contributed by atoms with Gasteiger partial charge in [0.15, 0.2) is 0 Å². The number of halogens is 3. The lowest BCUT2D eigenvalue weighted by molar-refractivity contribution is -0.266. The van der Waals surface area contributed by atoms with Crippen molar-refractivity contribution in [1.29, 1.82) is 0 Å². The molecule has 0 aliphatic heterocycles. The molecule has 0 aliphatic rings. The Balaban J connectivity index is 2.85. The fourth-order valence-electron chi connectivity index (χ4n) is 2.00. The molecule has 0 amide bonds. The maximum Gasteiger partial charge on any atom is 0.432 e. The minimum absolute atomic E-state index is 0.165. The molecule has 0 aliphatic carbocycles. The van der Waals surface area contributed by atoms with Crippen molar-refractivity contribution in [3.05, 3.63) is 36.0 Å². The Labute approximate surface area is 116 Å². The standard InChI is InChI=1S/C13H10F3NO4/c1-21-11(19)12(20,13(14,15)16)8-4-5-9(18)10-7(8)3-2-6-17-10/h2-6,18,20H,1H3. The number of aromatic nitrogens is 1. The monoisotopic (exact) mass is 301 g/mol. The first-order valence-electron chi connectivity index (χ1n) is 5.68. The SMILES string of the molecule is COC(=O)C(O)(c1ccc(O)c2ncccc12)C(F)(F)F. The summed E-state index contributed by atoms with van der Waals surface area (Å²) in [5.74, 6) is -2.24. The Morgan fingerprint density at radius 1 is 1.29 bits per heavy atom. The van der Waals surface area contributed by atoms with Crippen molar-refractivity contribution in [2.45, 2.75) is 11.8 Å². The summed E-state index contributed by atoms with van der Waals surface area (Å²) in [6, 6.07) is 4.25. The number of methoxy groups -OCH3 is 1. The summed E-state index contributed by atoms with van der Waals surface area (Å²) in [5.41, 5.74) is -4.78. The molecule has 2 rings (SSSR count). The maximum atomic E-state index is 13.2. The molecule has 2 aromatic rings. The number of phenolic OH excluding ortho intramolecular Hbond substituents is 1. The number of alkyl halides is 3. The third-order valence-corrected chi connectivity index (χ3v) is 3.03. The quantitative estimate of drug-likeness (QED) is 0.828. The van der Waals surface area contributed by atoms with E-state index in [9.17, 15) is 28.2 Å². The molecular formula is C13H10F3NO4. The minimum Gasteiger partial charge on any atom is -0.506 e. The van der Waals surface area contributed by atoms with Gasteiger partial charge in [-0.1, -0.05) is 12.1 Å². The zero-order valence-electron chi connectivity index (χ0n) is 10.7. The van der Waals surface area contributed by atoms with E-state index in [0.717, 1.165) is 19.2 Å². The van der Waals surface area contributed by atoms with Crippen LogP contribution in [0.25, 0.3) is 10.9 Å². The van der Waals surface area contributed by atoms with Crippen LogP contribution in [0.3, 0.4) is 0 Å². The van der Waals surface area contributed by atoms with Crippen molar-refractivity contribution >= 4 is 16.9 Å². The lowest BCUT2D eigenvalue weighted by Gasteiger charge is -2.28. The number of rotatable bonds is 2. The lowest BCUT2D eigenvalue weighted by atomic mass is 9.89. The number of benzene rings is 1. The highest BCUT2D eigenvalue weighted by atomic mass is 19.4. The molecule has 112 valence electrons. The van der Waals surface area contributed by atoms with Gasteiger partial charge in [-0.2, -0.15) is 13.2 Å². The number of fused-ring (bicyclic) bond motifs is 1. The van der Waals surface area contributed by atoms with Crippen LogP contribution in [0.1, 0.15) is 5.56 Å². The normalized spacial score (nSPS) is 14.7. The predicted octanol–water partition coefficient (Wildman–Crippen LogP) is 1.86. The molecule has 2 N–H and O–H groups in total. The van der Waals surface area contributed by atoms with Crippen LogP contribution in [-0.2, 0) is 15.1 Å². The Bertz CT molecular complexity index is 701. The van der Waals surface area contributed by atoms with Crippen molar-refractivity contribution in [3.8, 4) is 5.75 Å². The number of ether oxygens (including phenoxy) is 1. The number of esters is 1. The van der Waals surface area contributed by atoms with Crippen LogP contribution in [-0.4, -0.2) is 34.5 Å². The van der Waals surface area contributed by atoms with Gasteiger partial charge < -0.3 is 14.9 Å². The first-order chi connectivity index (χ1) is 9.73. The molecule has 1 aromatic carbocycles. The predicted molar refractivity (Wildman–Crippen MR) is 65.4 cm³/mol. The highest BCUT2D eigenvalue weighted by Gasteiger charge is 2.62. The zero-order valence-corrected chi connectivity index (χ0v) is 10.7. The fraction of sp³-hybridized carbons (Fsp3) is 0.231. The molecule has 1 unspecified atom stereocenters. The molecule has 0 saturated heterocycles. The van der Waals surface area contributed by atoms with E-state index in [1.807, 2.05) is 0 Å². The number of aliphatic hydroxyl groups is 1. The second kappa shape index (κ2) is 4.88. The largest absolute Gasteiger partial charge is 0.506 e. The highest BCUT2D eigenvalue weighted by Crippen LogP contribution is 2.43. The van der Waals surface area contributed by atoms with Gasteiger partial charge in [-0.05, 0) is 12.1 Å². The van der Waals surface area contributed by atoms with Crippen LogP contribution in [0.2, 0.25) is 0 Å². The molecule has 5 nitrogen and oxygen atoms in total. The zero-order chi connectivity index (χ0) is 15.8. The summed E-state index contributed by atoms with van der Waals surface area (Å²) >= 11 is 0. The average Bonchev–Trinajstić information content (AvgIpc) is 2.45. The summed E-state index contributed by atoms with van der Waals surface area (Å²) in [4.78, 5) is 15.3. The molecule has 1 aromatic heterocycles. The third kappa shape index (κ3) is 2.17. The van der Waals surface area contributed by atoms with Crippen LogP contribution < -0.4 is 0 Å². The van der Waals surface area contributed by atoms with Crippen molar-refractivity contribution in [2.75, 3.05) is 7.11 Å². The van der Waals surface area contributed by atoms with Gasteiger partial charge in [0.25, 0.3) is 5.60 Å². The summed E-state index contributed by atoms with van der Waals surface area (Å²) in [6.45, 7) is 0. The second-order valence-corrected chi connectivity index (χ2v) is 4.23. The topological polar surface area (TPSA) is 79.7 Å². The van der Waals surface area contributed by atoms with Crippen molar-refractivity contribution in [2.24, 2.45) is 0 Å². The van der Waals surface area contributed by atoms with Crippen LogP contribution in [0.4, 0.5) is 13.2 Å². The van der Waals surface area contributed by atoms with E-state index in [1.54, 1.807) is 0 Å². The van der Waals surface area contributed by atoms with Gasteiger partial charge in [-0.25, -0.2) is 4.79 Å². The van der Waals surface area contributed by atoms with E-state index < -0.39 is 23.3 Å². The van der Waals surface area contributed by atoms with E-state index in [-0.39, 0.29) is 16.7 Å². The van der Waals surface area contributed by atoms with Gasteiger partial charge in [-0.15, -0.1) is 0 Å². The number of carbonyl (C=O) groups excluding carboxylic acids is 1. The van der Waals surface area contributed by atoms with E-state index in [1.165, 1.54) is 18.3 Å². The van der Waals surface area contributed by atoms with E-state index >= 15 is 0 Å². The number of nitrogens with zero attached hydrogens (tertiary/aromatic N) is 1. The van der Waals surface area contributed by atoms with Crippen LogP contribution in [0.5, 0.6) is 5.75 Å². The van der Waals surface area contributed by atoms with Gasteiger partial charge in [-0.3, -0.25) is 4.98 Å². The van der Waals surface area contributed by atoms with Crippen molar-refractivity contribution < 1.29 is 32.9 Å². The van der Waals surface area contributed by atoms with Gasteiger partial charge in [0.1, 0.15) is 11.3 Å². The Morgan fingerprint density at radius 3 is 2.52 bits per heavy atom. The first kappa shape index (κ1) is 15.0. The van der Waals surface area contributed by atoms with Gasteiger partial charge >= 0.3 is 12.1 Å². The Kier molecular flexibility index (Phi) is 3.50. The molecule has 0 saturated carbocycles. The van der Waals surface area contributed by atoms with E-state index in [2.05, 4.69) is 9.72 Å². The summed E-state index contributed by atoms with van der Waals surface area (Å²) in [5, 5.41) is 19.4. The number of hydrogen-bond donors (Lipinski definition) is 2. The fourth-order valence-corrected chi connectivity index (χ4v) is 2.00. The van der Waals surface area contributed by atoms with Crippen LogP contribution in [0.15, 0.2) is 30.5 Å². The summed E-state index contributed by atoms with van der Waals surface area (Å²) < 4.78 is 43.8. The highest BCUT2D eigenvalue weighted by molar-refractivity contribution is 5.94. The van der Waals surface area contributed by atoms with Crippen molar-refractivity contribution in [1.82, 2.24) is 4.98 Å². The lowest BCUT2D eigenvalue weighted by Crippen LogP contribution is -2.50. The smallest absolute Gasteiger partial charge is 0.432 e. The van der Waals surface area contributed by atoms with E-state index in [0.29, 0.717) is 0 Å².